The van der Waals surface area contributed by atoms with Crippen LogP contribution < -0.4 is 5.32 Å². The van der Waals surface area contributed by atoms with E-state index in [4.69, 9.17) is 52.1 Å². The number of alkyl carbamates (subject to hydrolysis) is 1. The number of nitrogens with one attached hydrogen (secondary N) is 1. The topological polar surface area (TPSA) is 347 Å². The summed E-state index contributed by atoms with van der Waals surface area (Å²) in [6, 6.07) is -1.07. The number of aliphatic hydroxyl groups excluding tert-OH is 5. The van der Waals surface area contributed by atoms with Gasteiger partial charge in [0.25, 0.3) is 0 Å². The quantitative estimate of drug-likeness (QED) is 0.0308. The molecule has 6 fully saturated rings. The lowest BCUT2D eigenvalue weighted by Crippen LogP contribution is -2.67. The van der Waals surface area contributed by atoms with Crippen molar-refractivity contribution in [2.75, 3.05) is 7.11 Å². The molecule has 2 bridgehead atoms. The molecule has 496 valence electrons. The van der Waals surface area contributed by atoms with Crippen LogP contribution in [-0.4, -0.2) is 194 Å². The summed E-state index contributed by atoms with van der Waals surface area (Å²) in [6.45, 7) is 20.2. The number of carbonyl (C=O) groups is 5. The molecule has 0 radical (unpaired) electrons. The number of ether oxygens (including phenoxy) is 11. The second-order valence-electron chi connectivity index (χ2n) is 26.7. The molecule has 27 atom stereocenters. The molecule has 1 spiro atoms. The van der Waals surface area contributed by atoms with E-state index in [0.29, 0.717) is 23.1 Å². The molecule has 5 saturated heterocycles. The number of amides is 1. The zero-order chi connectivity index (χ0) is 65.1. The molecule has 7 N–H and O–H groups in total. The van der Waals surface area contributed by atoms with Crippen molar-refractivity contribution in [3.63, 3.8) is 0 Å². The molecule has 89 heavy (non-hydrogen) atoms. The summed E-state index contributed by atoms with van der Waals surface area (Å²) >= 11 is 0. The lowest BCUT2D eigenvalue weighted by atomic mass is 9.49. The van der Waals surface area contributed by atoms with Gasteiger partial charge in [-0.2, -0.15) is 0 Å². The second kappa shape index (κ2) is 27.0. The van der Waals surface area contributed by atoms with Crippen molar-refractivity contribution in [2.45, 2.75) is 250 Å². The largest absolute Gasteiger partial charge is 0.762 e. The van der Waals surface area contributed by atoms with E-state index >= 15 is 4.79 Å². The summed E-state index contributed by atoms with van der Waals surface area (Å²) in [5.41, 5.74) is -4.38. The van der Waals surface area contributed by atoms with Crippen LogP contribution in [0.1, 0.15) is 128 Å². The van der Waals surface area contributed by atoms with Gasteiger partial charge < -0.3 is 93.4 Å². The standard InChI is InChI=1S/C64H91N2O23/c1-28-14-19-45(85-50-27-62(11,66(77)78)57(36(9)83-50)65-61(76)79-13)29(2)21-41-42(69)22-38(16-15-32(5)67)26-64(41)59(74)51(60(75)89-64)58(73)63(12)40(28)18-17-39-52(63)30(3)20-31(4)54(39)87-49-25-46(56(35(8)82-49)84-37(10)68)86-47-24-44(71)55(34(7)81-47)88-48-23-43(70)53(72)33(6)80-48/h14-18,21-22,30-31,33-36,39-50,52-57,69-73,77H,19-20,23-27H2,1-13H3,(H,65,76)/q-1/b16-15+,28-14+,29-21?,58-51?/t30-,31-,33-,34-,35-,36+,39-,40-,41+,42-,43+,44+,45-,46+,47-,48+,49-,50-,52+,53-,54-,55-,56-,57-,62-,63+,64-/m0/s1. The Bertz CT molecular complexity index is 2830. The van der Waals surface area contributed by atoms with Gasteiger partial charge in [0.2, 0.25) is 5.78 Å². The number of rotatable bonds is 13. The number of nitrogens with zero attached hydrogens (tertiary/aromatic N) is 1. The molecule has 5 aliphatic heterocycles. The van der Waals surface area contributed by atoms with E-state index in [1.165, 1.54) is 39.0 Å². The average molecular weight is 1260 g/mol. The molecular formula is C64H91N2O23-. The van der Waals surface area contributed by atoms with E-state index in [1.54, 1.807) is 40.7 Å². The zero-order valence-corrected chi connectivity index (χ0v) is 52.9. The van der Waals surface area contributed by atoms with Crippen molar-refractivity contribution in [1.82, 2.24) is 10.5 Å². The van der Waals surface area contributed by atoms with Crippen LogP contribution in [0.3, 0.4) is 0 Å². The monoisotopic (exact) mass is 1260 g/mol. The van der Waals surface area contributed by atoms with Crippen LogP contribution in [0.15, 0.2) is 70.6 Å². The number of Topliss-reactive ketones (excluding diaryl/α,β-unsaturated/α-hetero) is 1. The van der Waals surface area contributed by atoms with E-state index in [9.17, 15) is 55.1 Å². The van der Waals surface area contributed by atoms with E-state index < -0.39 is 186 Å². The van der Waals surface area contributed by atoms with Crippen LogP contribution in [0, 0.1) is 46.1 Å². The number of methoxy groups -OCH3 is 1. The minimum absolute atomic E-state index is 0.0206. The molecule has 1 saturated carbocycles. The van der Waals surface area contributed by atoms with E-state index in [0.717, 1.165) is 7.11 Å². The number of ketones is 2. The summed E-state index contributed by atoms with van der Waals surface area (Å²) < 4.78 is 68.5. The van der Waals surface area contributed by atoms with E-state index in [1.807, 2.05) is 32.1 Å². The molecule has 25 heteroatoms. The highest BCUT2D eigenvalue weighted by Crippen LogP contribution is 2.61. The van der Waals surface area contributed by atoms with Crippen LogP contribution in [0.25, 0.3) is 0 Å². The summed E-state index contributed by atoms with van der Waals surface area (Å²) in [5, 5.41) is 83.6. The number of allylic oxidation sites excluding steroid dienone is 5. The van der Waals surface area contributed by atoms with Crippen LogP contribution in [0.5, 0.6) is 0 Å². The Morgan fingerprint density at radius 1 is 0.764 bits per heavy atom. The van der Waals surface area contributed by atoms with Gasteiger partial charge in [0, 0.05) is 56.3 Å². The van der Waals surface area contributed by atoms with Gasteiger partial charge in [-0.3, -0.25) is 19.6 Å². The van der Waals surface area contributed by atoms with Gasteiger partial charge in [-0.1, -0.05) is 62.8 Å². The molecule has 0 aromatic rings. The predicted molar refractivity (Wildman–Crippen MR) is 312 cm³/mol. The maximum Gasteiger partial charge on any atom is 0.407 e. The third-order valence-corrected chi connectivity index (χ3v) is 20.3. The lowest BCUT2D eigenvalue weighted by Gasteiger charge is -2.56. The number of carbonyl (C=O) groups excluding carboxylic acids is 5. The summed E-state index contributed by atoms with van der Waals surface area (Å²) in [6.07, 6.45) is -5.39. The number of hydroxylamine groups is 2. The molecule has 4 aliphatic carbocycles. The highest BCUT2D eigenvalue weighted by atomic mass is 16.8. The minimum Gasteiger partial charge on any atom is -0.762 e. The Morgan fingerprint density at radius 2 is 1.39 bits per heavy atom. The summed E-state index contributed by atoms with van der Waals surface area (Å²) in [7, 11) is 1.16. The highest BCUT2D eigenvalue weighted by molar-refractivity contribution is 6.26. The van der Waals surface area contributed by atoms with Gasteiger partial charge in [-0.25, -0.2) is 9.59 Å². The number of hydrogen-bond acceptors (Lipinski definition) is 24. The van der Waals surface area contributed by atoms with E-state index in [2.05, 4.69) is 19.2 Å². The number of aliphatic hydroxyl groups is 5. The molecule has 0 unspecified atom stereocenters. The van der Waals surface area contributed by atoms with Crippen molar-refractivity contribution >= 4 is 29.6 Å². The first-order valence-electron chi connectivity index (χ1n) is 31.1. The van der Waals surface area contributed by atoms with Gasteiger partial charge in [0.15, 0.2) is 42.6 Å². The van der Waals surface area contributed by atoms with Crippen molar-refractivity contribution in [1.29, 1.82) is 0 Å². The fourth-order valence-electron chi connectivity index (χ4n) is 15.8. The van der Waals surface area contributed by atoms with Crippen LogP contribution in [-0.2, 0) is 71.3 Å². The first-order chi connectivity index (χ1) is 41.8. The van der Waals surface area contributed by atoms with Crippen molar-refractivity contribution < 1.29 is 107 Å². The summed E-state index contributed by atoms with van der Waals surface area (Å²) in [4.78, 5) is 68.0. The second-order valence-corrected chi connectivity index (χ2v) is 26.7. The number of esters is 2. The van der Waals surface area contributed by atoms with Crippen LogP contribution >= 0.6 is 0 Å². The normalized spacial score (nSPS) is 45.9. The molecular weight excluding hydrogens is 1160 g/mol. The Hall–Kier alpha value is -4.81. The smallest absolute Gasteiger partial charge is 0.407 e. The third-order valence-electron chi connectivity index (χ3n) is 20.3. The first-order valence-corrected chi connectivity index (χ1v) is 31.1. The van der Waals surface area contributed by atoms with Crippen LogP contribution in [0.2, 0.25) is 0 Å². The van der Waals surface area contributed by atoms with Crippen molar-refractivity contribution in [2.24, 2.45) is 40.9 Å². The third kappa shape index (κ3) is 13.5. The van der Waals surface area contributed by atoms with Gasteiger partial charge in [0.1, 0.15) is 29.6 Å². The van der Waals surface area contributed by atoms with Gasteiger partial charge >= 0.3 is 18.0 Å². The molecule has 5 heterocycles. The Balaban J connectivity index is 1.05. The maximum absolute atomic E-state index is 15.8. The number of hydrogen-bond donors (Lipinski definition) is 7. The molecule has 9 aliphatic rings. The SMILES string of the molecule is COC(=O)N[C@H]1[C@@H](C)O[C@@H](O[C@H]2C/C=C(\C)[C@@H]3C=C[C@@H]4[C@@H](O[C@H]5C[C@@H](O[C@H]6C[C@@H](O)[C@@H](O[C@@H]7C[C@@H](O)[C@@H](O)[C@H](C)O7)[C@H](C)O6)[C@@H](OC(C)=O)[C@H](C)O5)[C@@H](C)C[C@H](C)[C@H]4[C@]3(C)C(O)=C3C(=O)O[C@]4(CC(/C=C/C(C)=O)=C[C@H](O)[C@H]4C=C2C)C3=O)C[C@]1(C)N([O-])O. The Labute approximate surface area is 518 Å². The fourth-order valence-corrected chi connectivity index (χ4v) is 15.8. The highest BCUT2D eigenvalue weighted by Gasteiger charge is 2.65. The van der Waals surface area contributed by atoms with Gasteiger partial charge in [-0.05, 0) is 103 Å². The predicted octanol–water partition coefficient (Wildman–Crippen LogP) is 5.28. The summed E-state index contributed by atoms with van der Waals surface area (Å²) in [5.74, 6) is -6.79. The Kier molecular flexibility index (Phi) is 20.8. The Morgan fingerprint density at radius 3 is 2.03 bits per heavy atom. The zero-order valence-electron chi connectivity index (χ0n) is 52.9. The maximum atomic E-state index is 15.8. The van der Waals surface area contributed by atoms with Crippen molar-refractivity contribution in [3.05, 3.63) is 75.8 Å². The van der Waals surface area contributed by atoms with Crippen molar-refractivity contribution in [3.8, 4) is 0 Å². The molecule has 25 nitrogen and oxygen atoms in total. The molecule has 0 aromatic carbocycles. The lowest BCUT2D eigenvalue weighted by molar-refractivity contribution is -0.335. The average Bonchev–Trinajstić information content (AvgIpc) is 1.69. The van der Waals surface area contributed by atoms with Crippen LogP contribution in [0.4, 0.5) is 4.79 Å². The van der Waals surface area contributed by atoms with Gasteiger partial charge in [-0.15, -0.1) is 0 Å². The fraction of sp³-hybridized carbons (Fsp3) is 0.734. The number of fused-ring (bicyclic) bond motifs is 4. The molecule has 1 amide bonds. The molecule has 9 rings (SSSR count). The first kappa shape index (κ1) is 68.6. The molecule has 0 aromatic heterocycles. The van der Waals surface area contributed by atoms with E-state index in [-0.39, 0.29) is 61.4 Å². The van der Waals surface area contributed by atoms with Gasteiger partial charge in [0.05, 0.1) is 79.5 Å². The minimum atomic E-state index is -2.15.